The quantitative estimate of drug-likeness (QED) is 0.727. The molecule has 0 radical (unpaired) electrons. The molecule has 3 N–H and O–H groups in total. The maximum atomic E-state index is 14.3. The standard InChI is InChI=1S/C21H22FN5O/c22-16-11-10-15(20-26-25-18-9-5-2-6-12-27(18)20)13-17(16)24-21(28)19(23)14-7-3-1-4-8-14/h1,3-4,7-8,10-11,13,19H,2,5-6,9,12,23H2,(H,24,28). The van der Waals surface area contributed by atoms with Crippen molar-refractivity contribution in [1.82, 2.24) is 14.8 Å². The molecule has 0 saturated carbocycles. The van der Waals surface area contributed by atoms with E-state index in [1.165, 1.54) is 6.07 Å². The van der Waals surface area contributed by atoms with Gasteiger partial charge in [-0.05, 0) is 36.6 Å². The number of hydrogen-bond donors (Lipinski definition) is 2. The normalized spacial score (nSPS) is 14.8. The molecule has 1 atom stereocenters. The van der Waals surface area contributed by atoms with Crippen molar-refractivity contribution in [2.45, 2.75) is 38.3 Å². The van der Waals surface area contributed by atoms with Crippen LogP contribution in [0.4, 0.5) is 10.1 Å². The minimum atomic E-state index is -0.881. The maximum Gasteiger partial charge on any atom is 0.245 e. The minimum Gasteiger partial charge on any atom is -0.322 e. The highest BCUT2D eigenvalue weighted by molar-refractivity contribution is 5.96. The van der Waals surface area contributed by atoms with Gasteiger partial charge in [-0.3, -0.25) is 4.79 Å². The van der Waals surface area contributed by atoms with Crippen molar-refractivity contribution in [3.63, 3.8) is 0 Å². The van der Waals surface area contributed by atoms with Crippen LogP contribution in [0.5, 0.6) is 0 Å². The van der Waals surface area contributed by atoms with Gasteiger partial charge in [0.05, 0.1) is 5.69 Å². The molecule has 144 valence electrons. The molecule has 0 spiro atoms. The van der Waals surface area contributed by atoms with Crippen LogP contribution in [0, 0.1) is 5.82 Å². The van der Waals surface area contributed by atoms with Crippen molar-refractivity contribution in [3.05, 3.63) is 65.7 Å². The Bertz CT molecular complexity index is 986. The number of anilines is 1. The van der Waals surface area contributed by atoms with Gasteiger partial charge in [0.25, 0.3) is 0 Å². The average Bonchev–Trinajstić information content (AvgIpc) is 2.97. The predicted molar refractivity (Wildman–Crippen MR) is 105 cm³/mol. The average molecular weight is 379 g/mol. The lowest BCUT2D eigenvalue weighted by Gasteiger charge is -2.14. The third-order valence-corrected chi connectivity index (χ3v) is 5.03. The zero-order chi connectivity index (χ0) is 19.5. The topological polar surface area (TPSA) is 85.8 Å². The van der Waals surface area contributed by atoms with E-state index in [0.29, 0.717) is 17.0 Å². The molecule has 28 heavy (non-hydrogen) atoms. The SMILES string of the molecule is NC(C(=O)Nc1cc(-c2nnc3n2CCCCC3)ccc1F)c1ccccc1. The number of nitrogens with one attached hydrogen (secondary N) is 1. The molecule has 7 heteroatoms. The van der Waals surface area contributed by atoms with Crippen molar-refractivity contribution >= 4 is 11.6 Å². The van der Waals surface area contributed by atoms with E-state index in [-0.39, 0.29) is 5.69 Å². The van der Waals surface area contributed by atoms with E-state index >= 15 is 0 Å². The predicted octanol–water partition coefficient (Wildman–Crippen LogP) is 3.45. The molecule has 6 nitrogen and oxygen atoms in total. The first kappa shape index (κ1) is 18.3. The van der Waals surface area contributed by atoms with Gasteiger partial charge in [-0.25, -0.2) is 4.39 Å². The second kappa shape index (κ2) is 7.90. The number of halogens is 1. The van der Waals surface area contributed by atoms with E-state index in [0.717, 1.165) is 38.1 Å². The molecule has 0 bridgehead atoms. The van der Waals surface area contributed by atoms with E-state index in [4.69, 9.17) is 5.73 Å². The minimum absolute atomic E-state index is 0.0832. The summed E-state index contributed by atoms with van der Waals surface area (Å²) in [6.07, 6.45) is 4.21. The Hall–Kier alpha value is -3.06. The highest BCUT2D eigenvalue weighted by atomic mass is 19.1. The van der Waals surface area contributed by atoms with E-state index in [1.54, 1.807) is 36.4 Å². The van der Waals surface area contributed by atoms with Crippen molar-refractivity contribution in [3.8, 4) is 11.4 Å². The Labute approximate surface area is 162 Å². The van der Waals surface area contributed by atoms with Gasteiger partial charge < -0.3 is 15.6 Å². The Morgan fingerprint density at radius 3 is 2.75 bits per heavy atom. The van der Waals surface area contributed by atoms with Crippen LogP contribution >= 0.6 is 0 Å². The highest BCUT2D eigenvalue weighted by Gasteiger charge is 2.20. The van der Waals surface area contributed by atoms with Crippen molar-refractivity contribution in [2.24, 2.45) is 5.73 Å². The third kappa shape index (κ3) is 3.66. The summed E-state index contributed by atoms with van der Waals surface area (Å²) in [5.74, 6) is 0.656. The summed E-state index contributed by atoms with van der Waals surface area (Å²) in [6.45, 7) is 0.843. The summed E-state index contributed by atoms with van der Waals surface area (Å²) in [4.78, 5) is 12.5. The van der Waals surface area contributed by atoms with Crippen molar-refractivity contribution < 1.29 is 9.18 Å². The van der Waals surface area contributed by atoms with Crippen molar-refractivity contribution in [2.75, 3.05) is 5.32 Å². The largest absolute Gasteiger partial charge is 0.322 e. The molecule has 0 aliphatic carbocycles. The molecule has 2 aromatic carbocycles. The van der Waals surface area contributed by atoms with Gasteiger partial charge in [-0.15, -0.1) is 10.2 Å². The fraction of sp³-hybridized carbons (Fsp3) is 0.286. The Kier molecular flexibility index (Phi) is 5.16. The number of carbonyl (C=O) groups excluding carboxylic acids is 1. The lowest BCUT2D eigenvalue weighted by Crippen LogP contribution is -2.28. The molecule has 1 aromatic heterocycles. The second-order valence-corrected chi connectivity index (χ2v) is 6.97. The van der Waals surface area contributed by atoms with E-state index < -0.39 is 17.8 Å². The summed E-state index contributed by atoms with van der Waals surface area (Å²) in [6, 6.07) is 12.7. The first-order valence-corrected chi connectivity index (χ1v) is 9.47. The molecule has 4 rings (SSSR count). The van der Waals surface area contributed by atoms with Gasteiger partial charge in [0.2, 0.25) is 5.91 Å². The highest BCUT2D eigenvalue weighted by Crippen LogP contribution is 2.27. The van der Waals surface area contributed by atoms with Gasteiger partial charge >= 0.3 is 0 Å². The molecule has 0 saturated heterocycles. The zero-order valence-corrected chi connectivity index (χ0v) is 15.4. The molecule has 2 heterocycles. The summed E-state index contributed by atoms with van der Waals surface area (Å²) in [5, 5.41) is 11.2. The molecular formula is C21H22FN5O. The molecule has 1 amide bonds. The molecule has 0 fully saturated rings. The van der Waals surface area contributed by atoms with Gasteiger partial charge in [-0.2, -0.15) is 0 Å². The number of hydrogen-bond acceptors (Lipinski definition) is 4. The Balaban J connectivity index is 1.60. The number of rotatable bonds is 4. The number of benzene rings is 2. The fourth-order valence-electron chi connectivity index (χ4n) is 3.48. The van der Waals surface area contributed by atoms with Crippen LogP contribution in [0.2, 0.25) is 0 Å². The van der Waals surface area contributed by atoms with Crippen LogP contribution in [-0.4, -0.2) is 20.7 Å². The third-order valence-electron chi connectivity index (χ3n) is 5.03. The van der Waals surface area contributed by atoms with Crippen LogP contribution < -0.4 is 11.1 Å². The zero-order valence-electron chi connectivity index (χ0n) is 15.4. The Morgan fingerprint density at radius 2 is 1.93 bits per heavy atom. The maximum absolute atomic E-state index is 14.3. The van der Waals surface area contributed by atoms with Crippen LogP contribution in [0.3, 0.4) is 0 Å². The molecule has 3 aromatic rings. The lowest BCUT2D eigenvalue weighted by atomic mass is 10.1. The molecule has 1 aliphatic rings. The smallest absolute Gasteiger partial charge is 0.245 e. The molecular weight excluding hydrogens is 357 g/mol. The van der Waals surface area contributed by atoms with E-state index in [9.17, 15) is 9.18 Å². The van der Waals surface area contributed by atoms with Crippen LogP contribution in [0.25, 0.3) is 11.4 Å². The van der Waals surface area contributed by atoms with Crippen LogP contribution in [0.15, 0.2) is 48.5 Å². The summed E-state index contributed by atoms with van der Waals surface area (Å²) >= 11 is 0. The fourth-order valence-corrected chi connectivity index (χ4v) is 3.48. The van der Waals surface area contributed by atoms with Crippen molar-refractivity contribution in [1.29, 1.82) is 0 Å². The number of carbonyl (C=O) groups is 1. The number of amides is 1. The second-order valence-electron chi connectivity index (χ2n) is 6.97. The van der Waals surface area contributed by atoms with E-state index in [2.05, 4.69) is 20.1 Å². The van der Waals surface area contributed by atoms with Gasteiger partial charge in [0.1, 0.15) is 17.7 Å². The monoisotopic (exact) mass is 379 g/mol. The number of aromatic nitrogens is 3. The van der Waals surface area contributed by atoms with Gasteiger partial charge in [0.15, 0.2) is 5.82 Å². The summed E-state index contributed by atoms with van der Waals surface area (Å²) < 4.78 is 16.4. The number of nitrogens with two attached hydrogens (primary N) is 1. The van der Waals surface area contributed by atoms with Crippen LogP contribution in [-0.2, 0) is 17.8 Å². The summed E-state index contributed by atoms with van der Waals surface area (Å²) in [5.41, 5.74) is 7.48. The Morgan fingerprint density at radius 1 is 1.11 bits per heavy atom. The molecule has 1 unspecified atom stereocenters. The first-order chi connectivity index (χ1) is 13.6. The van der Waals surface area contributed by atoms with Crippen LogP contribution in [0.1, 0.15) is 36.7 Å². The van der Waals surface area contributed by atoms with Gasteiger partial charge in [-0.1, -0.05) is 36.8 Å². The number of nitrogens with zero attached hydrogens (tertiary/aromatic N) is 3. The van der Waals surface area contributed by atoms with Gasteiger partial charge in [0, 0.05) is 18.5 Å². The first-order valence-electron chi connectivity index (χ1n) is 9.47. The number of fused-ring (bicyclic) bond motifs is 1. The summed E-state index contributed by atoms with van der Waals surface area (Å²) in [7, 11) is 0. The molecule has 1 aliphatic heterocycles. The number of aryl methyl sites for hydroxylation is 1. The lowest BCUT2D eigenvalue weighted by molar-refractivity contribution is -0.117. The van der Waals surface area contributed by atoms with E-state index in [1.807, 2.05) is 6.07 Å².